The molecule has 0 bridgehead atoms. The summed E-state index contributed by atoms with van der Waals surface area (Å²) < 4.78 is 0. The van der Waals surface area contributed by atoms with Crippen molar-refractivity contribution in [2.45, 2.75) is 6.92 Å². The van der Waals surface area contributed by atoms with E-state index < -0.39 is 0 Å². The van der Waals surface area contributed by atoms with Crippen molar-refractivity contribution in [2.75, 3.05) is 17.7 Å². The number of carbonyl (C=O) groups excluding carboxylic acids is 1. The molecule has 0 aliphatic carbocycles. The highest BCUT2D eigenvalue weighted by Crippen LogP contribution is 2.17. The van der Waals surface area contributed by atoms with Crippen LogP contribution in [0.5, 0.6) is 0 Å². The highest BCUT2D eigenvalue weighted by atomic mass is 16.2. The molecule has 1 heterocycles. The molecule has 0 aliphatic heterocycles. The molecule has 4 nitrogen and oxygen atoms in total. The Morgan fingerprint density at radius 3 is 2.56 bits per heavy atom. The fourth-order valence-electron chi connectivity index (χ4n) is 1.71. The molecule has 0 aliphatic rings. The van der Waals surface area contributed by atoms with Gasteiger partial charge in [-0.1, -0.05) is 18.2 Å². The van der Waals surface area contributed by atoms with Gasteiger partial charge in [0.1, 0.15) is 5.82 Å². The third-order valence-corrected chi connectivity index (χ3v) is 2.84. The number of anilines is 2. The standard InChI is InChI=1S/C14H15N3O/c1-10-5-3-4-6-12(10)14(18)17(2)11-7-8-13(15)16-9-11/h3-9H,1-2H3,(H2,15,16). The van der Waals surface area contributed by atoms with Gasteiger partial charge in [0, 0.05) is 12.6 Å². The van der Waals surface area contributed by atoms with Gasteiger partial charge in [-0.05, 0) is 30.7 Å². The summed E-state index contributed by atoms with van der Waals surface area (Å²) in [6, 6.07) is 11.0. The number of benzene rings is 1. The normalized spacial score (nSPS) is 10.1. The smallest absolute Gasteiger partial charge is 0.258 e. The molecule has 0 spiro atoms. The number of pyridine rings is 1. The topological polar surface area (TPSA) is 59.2 Å². The Morgan fingerprint density at radius 2 is 1.94 bits per heavy atom. The number of hydrogen-bond acceptors (Lipinski definition) is 3. The van der Waals surface area contributed by atoms with Crippen LogP contribution in [0.1, 0.15) is 15.9 Å². The summed E-state index contributed by atoms with van der Waals surface area (Å²) in [5.74, 6) is 0.384. The Hall–Kier alpha value is -2.36. The van der Waals surface area contributed by atoms with Gasteiger partial charge in [0.2, 0.25) is 0 Å². The van der Waals surface area contributed by atoms with Crippen LogP contribution in [0, 0.1) is 6.92 Å². The number of nitrogens with zero attached hydrogens (tertiary/aromatic N) is 2. The Kier molecular flexibility index (Phi) is 3.28. The number of amides is 1. The summed E-state index contributed by atoms with van der Waals surface area (Å²) >= 11 is 0. The molecule has 1 aromatic carbocycles. The molecule has 0 saturated carbocycles. The summed E-state index contributed by atoms with van der Waals surface area (Å²) in [4.78, 5) is 17.9. The van der Waals surface area contributed by atoms with Crippen molar-refractivity contribution in [1.29, 1.82) is 0 Å². The molecular formula is C14H15N3O. The number of nitrogens with two attached hydrogens (primary N) is 1. The van der Waals surface area contributed by atoms with E-state index >= 15 is 0 Å². The van der Waals surface area contributed by atoms with E-state index in [-0.39, 0.29) is 5.91 Å². The third kappa shape index (κ3) is 2.32. The van der Waals surface area contributed by atoms with Crippen LogP contribution in [0.3, 0.4) is 0 Å². The summed E-state index contributed by atoms with van der Waals surface area (Å²) in [6.07, 6.45) is 1.59. The molecule has 0 saturated heterocycles. The van der Waals surface area contributed by atoms with Crippen molar-refractivity contribution in [2.24, 2.45) is 0 Å². The first-order valence-corrected chi connectivity index (χ1v) is 5.65. The van der Waals surface area contributed by atoms with Crippen LogP contribution in [-0.4, -0.2) is 17.9 Å². The van der Waals surface area contributed by atoms with Crippen LogP contribution >= 0.6 is 0 Å². The van der Waals surface area contributed by atoms with Crippen LogP contribution in [0.4, 0.5) is 11.5 Å². The highest BCUT2D eigenvalue weighted by Gasteiger charge is 2.15. The fourth-order valence-corrected chi connectivity index (χ4v) is 1.71. The van der Waals surface area contributed by atoms with Crippen molar-refractivity contribution in [3.8, 4) is 0 Å². The molecular weight excluding hydrogens is 226 g/mol. The monoisotopic (exact) mass is 241 g/mol. The molecule has 2 aromatic rings. The molecule has 4 heteroatoms. The van der Waals surface area contributed by atoms with Crippen molar-refractivity contribution in [3.63, 3.8) is 0 Å². The maximum atomic E-state index is 12.3. The third-order valence-electron chi connectivity index (χ3n) is 2.84. The van der Waals surface area contributed by atoms with Gasteiger partial charge in [0.05, 0.1) is 11.9 Å². The van der Waals surface area contributed by atoms with Gasteiger partial charge >= 0.3 is 0 Å². The lowest BCUT2D eigenvalue weighted by atomic mass is 10.1. The Bertz CT molecular complexity index is 564. The van der Waals surface area contributed by atoms with Gasteiger partial charge < -0.3 is 10.6 Å². The largest absolute Gasteiger partial charge is 0.384 e. The van der Waals surface area contributed by atoms with Crippen LogP contribution in [-0.2, 0) is 0 Å². The first kappa shape index (κ1) is 12.1. The lowest BCUT2D eigenvalue weighted by Crippen LogP contribution is -2.27. The molecule has 0 unspecified atom stereocenters. The zero-order valence-electron chi connectivity index (χ0n) is 10.4. The molecule has 1 amide bonds. The van der Waals surface area contributed by atoms with E-state index in [4.69, 9.17) is 5.73 Å². The average Bonchev–Trinajstić information content (AvgIpc) is 2.38. The zero-order valence-corrected chi connectivity index (χ0v) is 10.4. The number of hydrogen-bond donors (Lipinski definition) is 1. The molecule has 0 fully saturated rings. The minimum Gasteiger partial charge on any atom is -0.384 e. The Balaban J connectivity index is 2.29. The summed E-state index contributed by atoms with van der Waals surface area (Å²) in [5.41, 5.74) is 7.89. The Morgan fingerprint density at radius 1 is 1.22 bits per heavy atom. The summed E-state index contributed by atoms with van der Waals surface area (Å²) in [6.45, 7) is 1.92. The van der Waals surface area contributed by atoms with Crippen LogP contribution in [0.15, 0.2) is 42.6 Å². The van der Waals surface area contributed by atoms with Gasteiger partial charge in [-0.3, -0.25) is 4.79 Å². The fraction of sp³-hybridized carbons (Fsp3) is 0.143. The van der Waals surface area contributed by atoms with E-state index in [0.717, 1.165) is 11.3 Å². The van der Waals surface area contributed by atoms with Gasteiger partial charge in [0.25, 0.3) is 5.91 Å². The SMILES string of the molecule is Cc1ccccc1C(=O)N(C)c1ccc(N)nc1. The minimum atomic E-state index is -0.0559. The second kappa shape index (κ2) is 4.87. The van der Waals surface area contributed by atoms with Gasteiger partial charge in [-0.15, -0.1) is 0 Å². The van der Waals surface area contributed by atoms with E-state index in [1.54, 1.807) is 30.3 Å². The lowest BCUT2D eigenvalue weighted by molar-refractivity contribution is 0.0992. The highest BCUT2D eigenvalue weighted by molar-refractivity contribution is 6.06. The minimum absolute atomic E-state index is 0.0559. The maximum Gasteiger partial charge on any atom is 0.258 e. The van der Waals surface area contributed by atoms with E-state index in [1.807, 2.05) is 31.2 Å². The summed E-state index contributed by atoms with van der Waals surface area (Å²) in [7, 11) is 1.72. The number of nitrogen functional groups attached to an aromatic ring is 1. The Labute approximate surface area is 106 Å². The maximum absolute atomic E-state index is 12.3. The average molecular weight is 241 g/mol. The first-order chi connectivity index (χ1) is 8.59. The molecule has 92 valence electrons. The number of aryl methyl sites for hydroxylation is 1. The molecule has 1 aromatic heterocycles. The van der Waals surface area contributed by atoms with Crippen molar-refractivity contribution < 1.29 is 4.79 Å². The molecule has 18 heavy (non-hydrogen) atoms. The van der Waals surface area contributed by atoms with Crippen LogP contribution in [0.2, 0.25) is 0 Å². The lowest BCUT2D eigenvalue weighted by Gasteiger charge is -2.18. The predicted molar refractivity (Wildman–Crippen MR) is 72.6 cm³/mol. The molecule has 0 radical (unpaired) electrons. The summed E-state index contributed by atoms with van der Waals surface area (Å²) in [5, 5.41) is 0. The molecule has 2 rings (SSSR count). The van der Waals surface area contributed by atoms with E-state index in [1.165, 1.54) is 0 Å². The number of aromatic nitrogens is 1. The van der Waals surface area contributed by atoms with E-state index in [9.17, 15) is 4.79 Å². The van der Waals surface area contributed by atoms with E-state index in [2.05, 4.69) is 4.98 Å². The second-order valence-electron chi connectivity index (χ2n) is 4.12. The van der Waals surface area contributed by atoms with Crippen molar-refractivity contribution in [1.82, 2.24) is 4.98 Å². The van der Waals surface area contributed by atoms with Crippen molar-refractivity contribution >= 4 is 17.4 Å². The second-order valence-corrected chi connectivity index (χ2v) is 4.12. The van der Waals surface area contributed by atoms with Gasteiger partial charge in [0.15, 0.2) is 0 Å². The van der Waals surface area contributed by atoms with Gasteiger partial charge in [-0.2, -0.15) is 0 Å². The van der Waals surface area contributed by atoms with Crippen LogP contribution in [0.25, 0.3) is 0 Å². The number of rotatable bonds is 2. The van der Waals surface area contributed by atoms with Gasteiger partial charge in [-0.25, -0.2) is 4.98 Å². The first-order valence-electron chi connectivity index (χ1n) is 5.65. The van der Waals surface area contributed by atoms with Crippen molar-refractivity contribution in [3.05, 3.63) is 53.7 Å². The number of carbonyl (C=O) groups is 1. The van der Waals surface area contributed by atoms with Crippen LogP contribution < -0.4 is 10.6 Å². The quantitative estimate of drug-likeness (QED) is 0.877. The molecule has 0 atom stereocenters. The zero-order chi connectivity index (χ0) is 13.1. The molecule has 2 N–H and O–H groups in total. The van der Waals surface area contributed by atoms with E-state index in [0.29, 0.717) is 11.4 Å². The predicted octanol–water partition coefficient (Wildman–Crippen LogP) is 2.25.